The third kappa shape index (κ3) is 8.73. The molecule has 1 spiro atoms. The molecule has 2 atom stereocenters. The smallest absolute Gasteiger partial charge is 0.249 e. The number of nitrogens with zero attached hydrogens (tertiary/aromatic N) is 7. The highest BCUT2D eigenvalue weighted by molar-refractivity contribution is 7.13. The van der Waals surface area contributed by atoms with Gasteiger partial charge in [-0.1, -0.05) is 23.7 Å². The number of imidazole rings is 1. The van der Waals surface area contributed by atoms with Gasteiger partial charge < -0.3 is 35.0 Å². The number of aryl methyl sites for hydroxylation is 1. The van der Waals surface area contributed by atoms with Crippen LogP contribution in [0.2, 0.25) is 5.02 Å². The van der Waals surface area contributed by atoms with Crippen molar-refractivity contribution in [3.8, 4) is 11.1 Å². The van der Waals surface area contributed by atoms with Crippen LogP contribution in [0.25, 0.3) is 11.1 Å². The van der Waals surface area contributed by atoms with Crippen LogP contribution in [0.4, 0.5) is 26.6 Å². The molecule has 6 aliphatic rings. The summed E-state index contributed by atoms with van der Waals surface area (Å²) >= 11 is 8.05. The highest BCUT2D eigenvalue weighted by Gasteiger charge is 2.48. The standard InChI is InChI=1S/C50H54ClFN10O5S/c51-37-24-34(55-39-8-10-42(63)56-46(39)65)5-9-40(37)59-19-13-50(67,14-20-59)25-43(64)62-28-49(29-62)11-17-58(18-12-49)35-6-3-31(4-7-35)32-22-33-26-61(27-36(33)38(52)23-32)45(47(66)57-48-53-15-21-68-48)44-41-2-1-16-60(41)30-54-44/h3-7,9,15,21-24,30,39,45,55,67H,1-2,8,10-14,16-20,25-29H2,(H,53,57,66)(H,56,63,65). The van der Waals surface area contributed by atoms with Crippen molar-refractivity contribution in [2.24, 2.45) is 5.41 Å². The van der Waals surface area contributed by atoms with Gasteiger partial charge in [0.2, 0.25) is 23.6 Å². The number of aliphatic hydroxyl groups is 1. The quantitative estimate of drug-likeness (QED) is 0.107. The SMILES string of the molecule is O=C1CCC(Nc2ccc(N3CCC(O)(CC(=O)N4CC5(CCN(c6ccc(-c7cc(F)c8c(c7)CN(C(C(=O)Nc7nccs7)c7ncn9c7CCC9)C8)cc6)CC5)C4)CC3)c(Cl)c2)C(=O)N1. The van der Waals surface area contributed by atoms with E-state index in [4.69, 9.17) is 16.6 Å². The molecule has 3 aromatic carbocycles. The largest absolute Gasteiger partial charge is 0.389 e. The second-order valence-electron chi connectivity index (χ2n) is 19.6. The molecular weight excluding hydrogens is 907 g/mol. The van der Waals surface area contributed by atoms with Gasteiger partial charge in [-0.2, -0.15) is 0 Å². The molecule has 8 heterocycles. The molecule has 15 nitrogen and oxygen atoms in total. The van der Waals surface area contributed by atoms with E-state index in [0.717, 1.165) is 84.8 Å². The molecule has 2 unspecified atom stereocenters. The first-order chi connectivity index (χ1) is 32.9. The van der Waals surface area contributed by atoms with Crippen LogP contribution >= 0.6 is 22.9 Å². The minimum atomic E-state index is -1.08. The number of carbonyl (C=O) groups is 4. The van der Waals surface area contributed by atoms with Gasteiger partial charge in [0.05, 0.1) is 34.8 Å². The Bertz CT molecular complexity index is 2760. The fourth-order valence-corrected chi connectivity index (χ4v) is 12.1. The molecule has 0 radical (unpaired) electrons. The first-order valence-corrected chi connectivity index (χ1v) is 24.9. The van der Waals surface area contributed by atoms with Gasteiger partial charge >= 0.3 is 0 Å². The summed E-state index contributed by atoms with van der Waals surface area (Å²) < 4.78 is 18.1. The number of hydrogen-bond donors (Lipinski definition) is 4. The topological polar surface area (TPSA) is 168 Å². The molecule has 0 bridgehead atoms. The van der Waals surface area contributed by atoms with Gasteiger partial charge in [0, 0.05) is 105 Å². The normalized spacial score (nSPS) is 21.3. The number of nitrogens with one attached hydrogen (secondary N) is 3. The number of likely N-dealkylation sites (tertiary alicyclic amines) is 1. The zero-order valence-corrected chi connectivity index (χ0v) is 39.3. The van der Waals surface area contributed by atoms with Crippen molar-refractivity contribution in [1.29, 1.82) is 0 Å². The van der Waals surface area contributed by atoms with E-state index in [-0.39, 0.29) is 47.7 Å². The summed E-state index contributed by atoms with van der Waals surface area (Å²) in [6.45, 7) is 5.87. The van der Waals surface area contributed by atoms with Crippen LogP contribution < -0.4 is 25.8 Å². The molecular formula is C50H54ClFN10O5S. The number of anilines is 4. The first-order valence-electron chi connectivity index (χ1n) is 23.7. The van der Waals surface area contributed by atoms with Gasteiger partial charge in [0.15, 0.2) is 5.13 Å². The lowest BCUT2D eigenvalue weighted by Gasteiger charge is -2.55. The number of aromatic nitrogens is 3. The Morgan fingerprint density at radius 3 is 2.44 bits per heavy atom. The fraction of sp³-hybridized carbons (Fsp3) is 0.440. The minimum absolute atomic E-state index is 0.000461. The van der Waals surface area contributed by atoms with Crippen molar-refractivity contribution in [2.45, 2.75) is 95.1 Å². The van der Waals surface area contributed by atoms with E-state index in [9.17, 15) is 24.3 Å². The van der Waals surface area contributed by atoms with Crippen LogP contribution in [-0.4, -0.2) is 104 Å². The van der Waals surface area contributed by atoms with Crippen molar-refractivity contribution < 1.29 is 28.7 Å². The number of halogens is 2. The third-order valence-electron chi connectivity index (χ3n) is 15.2. The Morgan fingerprint density at radius 1 is 0.926 bits per heavy atom. The summed E-state index contributed by atoms with van der Waals surface area (Å²) in [6, 6.07) is 16.3. The molecule has 4 N–H and O–H groups in total. The van der Waals surface area contributed by atoms with E-state index in [1.54, 1.807) is 18.3 Å². The van der Waals surface area contributed by atoms with E-state index >= 15 is 4.39 Å². The molecule has 354 valence electrons. The Kier molecular flexibility index (Phi) is 11.7. The summed E-state index contributed by atoms with van der Waals surface area (Å²) in [7, 11) is 0. The summed E-state index contributed by atoms with van der Waals surface area (Å²) in [6.07, 6.45) is 8.96. The molecule has 6 aliphatic heterocycles. The van der Waals surface area contributed by atoms with Crippen molar-refractivity contribution in [3.05, 3.63) is 106 Å². The molecule has 18 heteroatoms. The third-order valence-corrected chi connectivity index (χ3v) is 16.2. The molecule has 11 rings (SSSR count). The van der Waals surface area contributed by atoms with E-state index in [1.165, 1.54) is 11.3 Å². The maximum absolute atomic E-state index is 16.0. The predicted octanol–water partition coefficient (Wildman–Crippen LogP) is 6.51. The maximum Gasteiger partial charge on any atom is 0.249 e. The summed E-state index contributed by atoms with van der Waals surface area (Å²) in [5.74, 6) is -1.10. The number of rotatable bonds is 11. The number of piperidine rings is 3. The lowest BCUT2D eigenvalue weighted by atomic mass is 9.71. The van der Waals surface area contributed by atoms with Crippen LogP contribution in [0.1, 0.15) is 79.9 Å². The fourth-order valence-electron chi connectivity index (χ4n) is 11.3. The van der Waals surface area contributed by atoms with Gasteiger partial charge in [-0.05, 0) is 104 Å². The monoisotopic (exact) mass is 960 g/mol. The predicted molar refractivity (Wildman–Crippen MR) is 258 cm³/mol. The Morgan fingerprint density at radius 2 is 1.71 bits per heavy atom. The molecule has 2 aromatic heterocycles. The van der Waals surface area contributed by atoms with Crippen molar-refractivity contribution in [2.75, 3.05) is 59.7 Å². The van der Waals surface area contributed by atoms with Crippen LogP contribution in [-0.2, 0) is 45.2 Å². The minimum Gasteiger partial charge on any atom is -0.389 e. The number of imide groups is 1. The van der Waals surface area contributed by atoms with Crippen LogP contribution in [0, 0.1) is 11.2 Å². The lowest BCUT2D eigenvalue weighted by molar-refractivity contribution is -0.150. The number of benzene rings is 3. The second-order valence-corrected chi connectivity index (χ2v) is 20.9. The molecule has 4 fully saturated rings. The van der Waals surface area contributed by atoms with Gasteiger partial charge in [0.1, 0.15) is 17.9 Å². The number of carbonyl (C=O) groups excluding carboxylic acids is 4. The van der Waals surface area contributed by atoms with E-state index in [1.807, 2.05) is 33.6 Å². The maximum atomic E-state index is 16.0. The molecule has 68 heavy (non-hydrogen) atoms. The Labute approximate surface area is 402 Å². The zero-order chi connectivity index (χ0) is 46.7. The average molecular weight is 962 g/mol. The molecule has 4 saturated heterocycles. The van der Waals surface area contributed by atoms with Gasteiger partial charge in [0.25, 0.3) is 0 Å². The Balaban J connectivity index is 0.660. The lowest BCUT2D eigenvalue weighted by Crippen LogP contribution is -2.62. The number of hydrogen-bond acceptors (Lipinski definition) is 12. The molecule has 4 amide bonds. The second kappa shape index (κ2) is 17.9. The summed E-state index contributed by atoms with van der Waals surface area (Å²) in [4.78, 5) is 68.5. The summed E-state index contributed by atoms with van der Waals surface area (Å²) in [5, 5.41) is 22.9. The van der Waals surface area contributed by atoms with Crippen LogP contribution in [0.5, 0.6) is 0 Å². The molecule has 0 saturated carbocycles. The van der Waals surface area contributed by atoms with Crippen LogP contribution in [0.3, 0.4) is 0 Å². The number of amides is 4. The average Bonchev–Trinajstić information content (AvgIpc) is 4.15. The van der Waals surface area contributed by atoms with Crippen LogP contribution in [0.15, 0.2) is 72.5 Å². The van der Waals surface area contributed by atoms with Crippen molar-refractivity contribution in [3.63, 3.8) is 0 Å². The summed E-state index contributed by atoms with van der Waals surface area (Å²) in [5.41, 5.74) is 6.63. The number of thiazole rings is 1. The van der Waals surface area contributed by atoms with Crippen molar-refractivity contribution in [1.82, 2.24) is 29.7 Å². The van der Waals surface area contributed by atoms with E-state index in [0.29, 0.717) is 79.9 Å². The Hall–Kier alpha value is -5.88. The van der Waals surface area contributed by atoms with Gasteiger partial charge in [-0.25, -0.2) is 14.4 Å². The molecule has 5 aromatic rings. The molecule has 0 aliphatic carbocycles. The number of fused-ring (bicyclic) bond motifs is 2. The van der Waals surface area contributed by atoms with E-state index < -0.39 is 17.7 Å². The van der Waals surface area contributed by atoms with Gasteiger partial charge in [-0.3, -0.25) is 29.4 Å². The van der Waals surface area contributed by atoms with Gasteiger partial charge in [-0.15, -0.1) is 11.3 Å². The highest BCUT2D eigenvalue weighted by Crippen LogP contribution is 2.44. The highest BCUT2D eigenvalue weighted by atomic mass is 35.5. The van der Waals surface area contributed by atoms with Crippen molar-refractivity contribution >= 4 is 68.8 Å². The first kappa shape index (κ1) is 44.6. The van der Waals surface area contributed by atoms with E-state index in [2.05, 4.69) is 65.6 Å². The zero-order valence-electron chi connectivity index (χ0n) is 37.7.